The highest BCUT2D eigenvalue weighted by Crippen LogP contribution is 2.55. The van der Waals surface area contributed by atoms with Crippen LogP contribution >= 0.6 is 0 Å². The minimum absolute atomic E-state index is 0.00762. The summed E-state index contributed by atoms with van der Waals surface area (Å²) in [4.78, 5) is 0. The first kappa shape index (κ1) is 15.6. The highest BCUT2D eigenvalue weighted by Gasteiger charge is 2.47. The molecule has 3 atom stereocenters. The quantitative estimate of drug-likeness (QED) is 0.795. The van der Waals surface area contributed by atoms with E-state index in [4.69, 9.17) is 0 Å². The molecule has 126 valence electrons. The van der Waals surface area contributed by atoms with Gasteiger partial charge in [-0.2, -0.15) is 0 Å². The second-order valence-electron chi connectivity index (χ2n) is 7.92. The molecule has 0 heterocycles. The van der Waals surface area contributed by atoms with Crippen LogP contribution in [0.15, 0.2) is 48.5 Å². The first-order valence-electron chi connectivity index (χ1n) is 9.17. The summed E-state index contributed by atoms with van der Waals surface area (Å²) in [7, 11) is 0. The van der Waals surface area contributed by atoms with E-state index < -0.39 is 0 Å². The van der Waals surface area contributed by atoms with Crippen molar-refractivity contribution in [1.29, 1.82) is 0 Å². The summed E-state index contributed by atoms with van der Waals surface area (Å²) < 4.78 is 0. The van der Waals surface area contributed by atoms with Crippen molar-refractivity contribution in [2.24, 2.45) is 17.8 Å². The zero-order chi connectivity index (χ0) is 16.7. The minimum Gasteiger partial charge on any atom is -0.508 e. The Bertz CT molecular complexity index is 656. The lowest BCUT2D eigenvalue weighted by molar-refractivity contribution is 0.135. The molecule has 4 rings (SSSR count). The van der Waals surface area contributed by atoms with Crippen LogP contribution in [0.3, 0.4) is 0 Å². The molecular weight excluding hydrogens is 296 g/mol. The third-order valence-electron chi connectivity index (χ3n) is 6.57. The Balaban J connectivity index is 1.83. The highest BCUT2D eigenvalue weighted by atomic mass is 16.3. The van der Waals surface area contributed by atoms with Crippen LogP contribution in [-0.2, 0) is 5.41 Å². The van der Waals surface area contributed by atoms with Gasteiger partial charge in [0.15, 0.2) is 0 Å². The first-order chi connectivity index (χ1) is 11.6. The van der Waals surface area contributed by atoms with E-state index >= 15 is 0 Å². The number of hydrogen-bond donors (Lipinski definition) is 2. The van der Waals surface area contributed by atoms with Gasteiger partial charge in [-0.15, -0.1) is 0 Å². The fourth-order valence-corrected chi connectivity index (χ4v) is 5.50. The van der Waals surface area contributed by atoms with E-state index in [-0.39, 0.29) is 5.41 Å². The van der Waals surface area contributed by atoms with Crippen molar-refractivity contribution in [2.45, 2.75) is 44.4 Å². The van der Waals surface area contributed by atoms with Crippen LogP contribution < -0.4 is 0 Å². The second-order valence-corrected chi connectivity index (χ2v) is 7.92. The molecule has 2 fully saturated rings. The Hall–Kier alpha value is -1.96. The van der Waals surface area contributed by atoms with Crippen molar-refractivity contribution in [3.63, 3.8) is 0 Å². The molecule has 0 amide bonds. The van der Waals surface area contributed by atoms with E-state index in [1.165, 1.54) is 36.8 Å². The zero-order valence-electron chi connectivity index (χ0n) is 14.3. The summed E-state index contributed by atoms with van der Waals surface area (Å²) >= 11 is 0. The molecule has 0 radical (unpaired) electrons. The Labute approximate surface area is 144 Å². The molecule has 2 heteroatoms. The van der Waals surface area contributed by atoms with Gasteiger partial charge in [-0.3, -0.25) is 0 Å². The van der Waals surface area contributed by atoms with E-state index in [0.29, 0.717) is 17.4 Å². The van der Waals surface area contributed by atoms with Crippen LogP contribution in [-0.4, -0.2) is 10.2 Å². The van der Waals surface area contributed by atoms with Crippen molar-refractivity contribution >= 4 is 0 Å². The molecule has 0 saturated heterocycles. The van der Waals surface area contributed by atoms with Crippen LogP contribution in [0, 0.1) is 17.8 Å². The summed E-state index contributed by atoms with van der Waals surface area (Å²) in [5.41, 5.74) is 2.58. The lowest BCUT2D eigenvalue weighted by Crippen LogP contribution is -2.40. The molecule has 0 aliphatic heterocycles. The summed E-state index contributed by atoms with van der Waals surface area (Å²) in [5, 5.41) is 19.4. The minimum atomic E-state index is -0.00762. The van der Waals surface area contributed by atoms with Gasteiger partial charge in [-0.05, 0) is 72.4 Å². The summed E-state index contributed by atoms with van der Waals surface area (Å²) in [6.07, 6.45) is 6.40. The van der Waals surface area contributed by atoms with Gasteiger partial charge in [0.05, 0.1) is 0 Å². The lowest BCUT2D eigenvalue weighted by Gasteiger charge is -2.47. The van der Waals surface area contributed by atoms with Crippen LogP contribution in [0.25, 0.3) is 0 Å². The van der Waals surface area contributed by atoms with Gasteiger partial charge in [0, 0.05) is 5.41 Å². The fourth-order valence-electron chi connectivity index (χ4n) is 5.50. The molecule has 2 N–H and O–H groups in total. The van der Waals surface area contributed by atoms with Crippen LogP contribution in [0.2, 0.25) is 0 Å². The van der Waals surface area contributed by atoms with E-state index in [1.807, 2.05) is 24.3 Å². The van der Waals surface area contributed by atoms with E-state index in [2.05, 4.69) is 31.2 Å². The van der Waals surface area contributed by atoms with E-state index in [9.17, 15) is 10.2 Å². The van der Waals surface area contributed by atoms with Crippen molar-refractivity contribution in [3.05, 3.63) is 59.7 Å². The van der Waals surface area contributed by atoms with Gasteiger partial charge >= 0.3 is 0 Å². The third-order valence-corrected chi connectivity index (χ3v) is 6.57. The van der Waals surface area contributed by atoms with E-state index in [1.54, 1.807) is 0 Å². The van der Waals surface area contributed by atoms with Gasteiger partial charge in [0.2, 0.25) is 0 Å². The average molecular weight is 322 g/mol. The predicted molar refractivity (Wildman–Crippen MR) is 96.2 cm³/mol. The maximum Gasteiger partial charge on any atom is 0.115 e. The Kier molecular flexibility index (Phi) is 3.79. The second kappa shape index (κ2) is 5.84. The maximum absolute atomic E-state index is 9.72. The number of rotatable bonds is 2. The summed E-state index contributed by atoms with van der Waals surface area (Å²) in [6.45, 7) is 2.41. The number of phenolic OH excluding ortho intramolecular Hbond substituents is 2. The molecule has 0 bridgehead atoms. The number of hydrogen-bond acceptors (Lipinski definition) is 2. The van der Waals surface area contributed by atoms with Gasteiger partial charge in [0.25, 0.3) is 0 Å². The molecule has 0 aromatic heterocycles. The molecule has 2 aromatic rings. The normalized spacial score (nSPS) is 28.5. The highest BCUT2D eigenvalue weighted by molar-refractivity contribution is 5.44. The van der Waals surface area contributed by atoms with Gasteiger partial charge in [0.1, 0.15) is 11.5 Å². The largest absolute Gasteiger partial charge is 0.508 e. The standard InChI is InChI=1S/C22H26O2/c1-15-13-22(14-16-3-2-4-21(15)16,17-5-9-19(23)10-6-17)18-7-11-20(24)12-8-18/h5-12,15-16,21,23-24H,2-4,13-14H2,1H3. The molecule has 2 aliphatic carbocycles. The molecule has 2 nitrogen and oxygen atoms in total. The SMILES string of the molecule is CC1CC(c2ccc(O)cc2)(c2ccc(O)cc2)CC2CCCC12. The number of aromatic hydroxyl groups is 2. The molecule has 2 aliphatic rings. The monoisotopic (exact) mass is 322 g/mol. The number of phenols is 2. The zero-order valence-corrected chi connectivity index (χ0v) is 14.3. The smallest absolute Gasteiger partial charge is 0.115 e. The lowest BCUT2D eigenvalue weighted by atomic mass is 9.57. The summed E-state index contributed by atoms with van der Waals surface area (Å²) in [5.74, 6) is 3.00. The maximum atomic E-state index is 9.72. The first-order valence-corrected chi connectivity index (χ1v) is 9.17. The summed E-state index contributed by atoms with van der Waals surface area (Å²) in [6, 6.07) is 15.6. The van der Waals surface area contributed by atoms with Crippen LogP contribution in [0.5, 0.6) is 11.5 Å². The van der Waals surface area contributed by atoms with Gasteiger partial charge < -0.3 is 10.2 Å². The Morgan fingerprint density at radius 1 is 0.792 bits per heavy atom. The van der Waals surface area contributed by atoms with E-state index in [0.717, 1.165) is 18.3 Å². The molecule has 24 heavy (non-hydrogen) atoms. The topological polar surface area (TPSA) is 40.5 Å². The molecule has 2 saturated carbocycles. The van der Waals surface area contributed by atoms with Crippen molar-refractivity contribution in [1.82, 2.24) is 0 Å². The third kappa shape index (κ3) is 2.49. The van der Waals surface area contributed by atoms with Crippen molar-refractivity contribution in [3.8, 4) is 11.5 Å². The predicted octanol–water partition coefficient (Wildman–Crippen LogP) is 5.23. The fraction of sp³-hybridized carbons (Fsp3) is 0.455. The van der Waals surface area contributed by atoms with Crippen LogP contribution in [0.4, 0.5) is 0 Å². The molecule has 3 unspecified atom stereocenters. The number of benzene rings is 2. The van der Waals surface area contributed by atoms with Crippen molar-refractivity contribution < 1.29 is 10.2 Å². The Morgan fingerprint density at radius 2 is 1.33 bits per heavy atom. The molecular formula is C22H26O2. The van der Waals surface area contributed by atoms with Crippen LogP contribution in [0.1, 0.15) is 50.2 Å². The molecule has 0 spiro atoms. The van der Waals surface area contributed by atoms with Gasteiger partial charge in [-0.25, -0.2) is 0 Å². The Morgan fingerprint density at radius 3 is 1.88 bits per heavy atom. The van der Waals surface area contributed by atoms with Gasteiger partial charge in [-0.1, -0.05) is 44.0 Å². The number of fused-ring (bicyclic) bond motifs is 1. The average Bonchev–Trinajstić information content (AvgIpc) is 3.05. The van der Waals surface area contributed by atoms with Crippen molar-refractivity contribution in [2.75, 3.05) is 0 Å². The molecule has 2 aromatic carbocycles.